The molecule has 4 aliphatic rings. The smallest absolute Gasteiger partial charge is 0.269 e. The molecule has 4 atom stereocenters. The van der Waals surface area contributed by atoms with Crippen molar-refractivity contribution < 1.29 is 27.8 Å². The number of aliphatic imine (C=N–C) groups is 1. The first-order chi connectivity index (χ1) is 22.3. The highest BCUT2D eigenvalue weighted by atomic mass is 19.1. The van der Waals surface area contributed by atoms with E-state index in [0.29, 0.717) is 54.3 Å². The largest absolute Gasteiger partial charge is 0.474 e. The van der Waals surface area contributed by atoms with E-state index in [9.17, 15) is 14.0 Å². The highest BCUT2D eigenvalue weighted by molar-refractivity contribution is 6.20. The summed E-state index contributed by atoms with van der Waals surface area (Å²) in [5.41, 5.74) is 2.07. The van der Waals surface area contributed by atoms with E-state index < -0.39 is 29.7 Å². The molecule has 6 heterocycles. The Kier molecular flexibility index (Phi) is 6.78. The first kappa shape index (κ1) is 28.3. The number of hydrogen-bond donors (Lipinski definition) is 2. The lowest BCUT2D eigenvalue weighted by molar-refractivity contribution is -0.117. The van der Waals surface area contributed by atoms with Crippen molar-refractivity contribution in [3.63, 3.8) is 0 Å². The second-order valence-corrected chi connectivity index (χ2v) is 11.8. The number of pyridine rings is 1. The number of halogens is 2. The van der Waals surface area contributed by atoms with Crippen LogP contribution in [0.3, 0.4) is 0 Å². The van der Waals surface area contributed by atoms with Crippen LogP contribution in [0.1, 0.15) is 41.3 Å². The third-order valence-corrected chi connectivity index (χ3v) is 8.80. The molecule has 4 aliphatic heterocycles. The van der Waals surface area contributed by atoms with E-state index in [-0.39, 0.29) is 41.1 Å². The zero-order valence-electron chi connectivity index (χ0n) is 24.7. The fourth-order valence-corrected chi connectivity index (χ4v) is 6.57. The Morgan fingerprint density at radius 1 is 1.07 bits per heavy atom. The first-order valence-corrected chi connectivity index (χ1v) is 15.2. The Morgan fingerprint density at radius 3 is 2.70 bits per heavy atom. The van der Waals surface area contributed by atoms with Crippen molar-refractivity contribution >= 4 is 29.0 Å². The van der Waals surface area contributed by atoms with Crippen molar-refractivity contribution in [1.82, 2.24) is 20.1 Å². The third-order valence-electron chi connectivity index (χ3n) is 8.80. The molecule has 234 valence electrons. The Morgan fingerprint density at radius 2 is 1.91 bits per heavy atom. The predicted octanol–water partition coefficient (Wildman–Crippen LogP) is 3.92. The van der Waals surface area contributed by atoms with Crippen molar-refractivity contribution in [3.05, 3.63) is 89.1 Å². The van der Waals surface area contributed by atoms with E-state index in [1.54, 1.807) is 41.1 Å². The van der Waals surface area contributed by atoms with Crippen LogP contribution in [0.2, 0.25) is 0 Å². The van der Waals surface area contributed by atoms with Crippen molar-refractivity contribution in [1.29, 1.82) is 0 Å². The standard InChI is InChI=1S/C33H29F2N7O4/c1-17-12-13-42-33(46-17)25(28(40-42)22-10-11-24(35)36-30(22)41-15-20-14-19(41)16-45-20)31(43)39-29-32(44)38-27-21(8-5-9-23(27)34)26(37-29)18-6-3-2-4-7-18/h2-11,17,19-20,29H,12-16H2,1H3,(H,38,44)(H,39,43)/t17-,19+,20+,29-/m1/s1. The molecule has 2 fully saturated rings. The number of hydrogen-bond acceptors (Lipinski definition) is 8. The van der Waals surface area contributed by atoms with Crippen LogP contribution in [0.4, 0.5) is 20.3 Å². The number of nitrogens with one attached hydrogen (secondary N) is 2. The number of amides is 2. The summed E-state index contributed by atoms with van der Waals surface area (Å²) in [5, 5.41) is 10.1. The van der Waals surface area contributed by atoms with Crippen LogP contribution in [0.15, 0.2) is 65.7 Å². The minimum Gasteiger partial charge on any atom is -0.474 e. The number of nitrogens with zero attached hydrogens (tertiary/aromatic N) is 5. The van der Waals surface area contributed by atoms with E-state index in [4.69, 9.17) is 14.6 Å². The number of carbonyl (C=O) groups is 2. The van der Waals surface area contributed by atoms with Crippen molar-refractivity contribution in [3.8, 4) is 17.1 Å². The minimum atomic E-state index is -1.43. The zero-order chi connectivity index (χ0) is 31.5. The maximum Gasteiger partial charge on any atom is 0.269 e. The summed E-state index contributed by atoms with van der Waals surface area (Å²) in [6.07, 6.45) is -0.161. The van der Waals surface area contributed by atoms with Crippen LogP contribution in [-0.2, 0) is 16.1 Å². The van der Waals surface area contributed by atoms with E-state index in [1.807, 2.05) is 17.9 Å². The van der Waals surface area contributed by atoms with Gasteiger partial charge in [0.05, 0.1) is 36.3 Å². The van der Waals surface area contributed by atoms with Gasteiger partial charge in [-0.15, -0.1) is 0 Å². The van der Waals surface area contributed by atoms with Crippen LogP contribution in [0.5, 0.6) is 5.88 Å². The summed E-state index contributed by atoms with van der Waals surface area (Å²) in [6, 6.07) is 16.3. The van der Waals surface area contributed by atoms with Crippen LogP contribution >= 0.6 is 0 Å². The number of morpholine rings is 1. The fraction of sp³-hybridized carbons (Fsp3) is 0.303. The topological polar surface area (TPSA) is 123 Å². The van der Waals surface area contributed by atoms with Gasteiger partial charge in [-0.25, -0.2) is 19.0 Å². The van der Waals surface area contributed by atoms with Gasteiger partial charge in [0.2, 0.25) is 18.0 Å². The van der Waals surface area contributed by atoms with Gasteiger partial charge in [-0.1, -0.05) is 42.5 Å². The third kappa shape index (κ3) is 4.78. The average Bonchev–Trinajstić information content (AvgIpc) is 3.77. The Hall–Kier alpha value is -5.17. The van der Waals surface area contributed by atoms with Crippen molar-refractivity contribution in [2.75, 3.05) is 23.4 Å². The summed E-state index contributed by atoms with van der Waals surface area (Å²) in [5.74, 6) is -2.12. The van der Waals surface area contributed by atoms with E-state index in [0.717, 1.165) is 6.42 Å². The monoisotopic (exact) mass is 625 g/mol. The van der Waals surface area contributed by atoms with E-state index in [2.05, 4.69) is 20.6 Å². The number of benzene rings is 2. The SMILES string of the molecule is C[C@@H]1CCn2nc(-c3ccc(F)nc3N3C[C@@H]4C[C@H]3CO4)c(C(=O)N[C@H]3N=C(c4ccccc4)c4cccc(F)c4NC3=O)c2O1. The number of rotatable bonds is 5. The molecule has 0 aliphatic carbocycles. The highest BCUT2D eigenvalue weighted by Gasteiger charge is 2.42. The number of ether oxygens (including phenoxy) is 2. The molecule has 8 rings (SSSR count). The molecule has 0 unspecified atom stereocenters. The molecule has 0 spiro atoms. The van der Waals surface area contributed by atoms with E-state index >= 15 is 4.39 Å². The zero-order valence-corrected chi connectivity index (χ0v) is 24.7. The lowest BCUT2D eigenvalue weighted by Gasteiger charge is -2.29. The maximum atomic E-state index is 15.0. The van der Waals surface area contributed by atoms with E-state index in [1.165, 1.54) is 18.2 Å². The predicted molar refractivity (Wildman–Crippen MR) is 164 cm³/mol. The average molecular weight is 626 g/mol. The molecular weight excluding hydrogens is 596 g/mol. The molecule has 0 radical (unpaired) electrons. The van der Waals surface area contributed by atoms with Gasteiger partial charge in [0.25, 0.3) is 11.8 Å². The molecule has 2 aromatic carbocycles. The maximum absolute atomic E-state index is 15.0. The molecule has 2 N–H and O–H groups in total. The molecule has 2 bridgehead atoms. The van der Waals surface area contributed by atoms with Crippen LogP contribution < -0.4 is 20.3 Å². The van der Waals surface area contributed by atoms with Gasteiger partial charge in [0.15, 0.2) is 0 Å². The summed E-state index contributed by atoms with van der Waals surface area (Å²) >= 11 is 0. The Bertz CT molecular complexity index is 1910. The molecule has 4 aromatic rings. The quantitative estimate of drug-likeness (QED) is 0.323. The molecular formula is C33H29F2N7O4. The molecule has 2 saturated heterocycles. The number of anilines is 2. The summed E-state index contributed by atoms with van der Waals surface area (Å²) in [7, 11) is 0. The molecule has 0 saturated carbocycles. The second-order valence-electron chi connectivity index (χ2n) is 11.8. The molecule has 2 amide bonds. The number of carbonyl (C=O) groups excluding carboxylic acids is 2. The summed E-state index contributed by atoms with van der Waals surface area (Å²) in [6.45, 7) is 3.41. The number of benzodiazepines with no additional fused rings is 1. The van der Waals surface area contributed by atoms with Gasteiger partial charge in [-0.05, 0) is 31.5 Å². The number of aromatic nitrogens is 3. The summed E-state index contributed by atoms with van der Waals surface area (Å²) < 4.78 is 43.1. The Balaban J connectivity index is 1.22. The van der Waals surface area contributed by atoms with Crippen molar-refractivity contribution in [2.45, 2.75) is 50.7 Å². The van der Waals surface area contributed by atoms with Gasteiger partial charge >= 0.3 is 0 Å². The molecule has 46 heavy (non-hydrogen) atoms. The van der Waals surface area contributed by atoms with Gasteiger partial charge in [0, 0.05) is 36.2 Å². The minimum absolute atomic E-state index is 0.0180. The van der Waals surface area contributed by atoms with Crippen LogP contribution in [0, 0.1) is 11.8 Å². The molecule has 11 nitrogen and oxygen atoms in total. The van der Waals surface area contributed by atoms with Gasteiger partial charge < -0.3 is 25.0 Å². The second kappa shape index (κ2) is 11.0. The highest BCUT2D eigenvalue weighted by Crippen LogP contribution is 2.41. The van der Waals surface area contributed by atoms with Crippen LogP contribution in [-0.4, -0.2) is 69.9 Å². The summed E-state index contributed by atoms with van der Waals surface area (Å²) in [4.78, 5) is 38.7. The van der Waals surface area contributed by atoms with Gasteiger partial charge in [0.1, 0.15) is 22.9 Å². The van der Waals surface area contributed by atoms with Crippen molar-refractivity contribution in [2.24, 2.45) is 4.99 Å². The normalized spacial score (nSPS) is 23.2. The molecule has 2 aromatic heterocycles. The fourth-order valence-electron chi connectivity index (χ4n) is 6.57. The number of aryl methyl sites for hydroxylation is 1. The number of para-hydroxylation sites is 1. The number of fused-ring (bicyclic) bond motifs is 4. The Labute approximate surface area is 262 Å². The first-order valence-electron chi connectivity index (χ1n) is 15.2. The molecule has 13 heteroatoms. The van der Waals surface area contributed by atoms with Gasteiger partial charge in [-0.2, -0.15) is 9.49 Å². The lowest BCUT2D eigenvalue weighted by atomic mass is 10.0. The van der Waals surface area contributed by atoms with Crippen LogP contribution in [0.25, 0.3) is 11.3 Å². The lowest BCUT2D eigenvalue weighted by Crippen LogP contribution is -2.42. The van der Waals surface area contributed by atoms with Gasteiger partial charge in [-0.3, -0.25) is 9.59 Å².